The molecule has 1 fully saturated rings. The fourth-order valence-electron chi connectivity index (χ4n) is 3.49. The van der Waals surface area contributed by atoms with Gasteiger partial charge in [0.1, 0.15) is 5.82 Å². The van der Waals surface area contributed by atoms with Gasteiger partial charge in [-0.25, -0.2) is 14.4 Å². The highest BCUT2D eigenvalue weighted by Gasteiger charge is 2.21. The summed E-state index contributed by atoms with van der Waals surface area (Å²) in [7, 11) is 0. The SMILES string of the molecule is Cc1cc2c(-c3ccc(Cl)cc3F)cc(C3CCOCC3)nc2nc1C. The molecule has 0 N–H and O–H groups in total. The van der Waals surface area contributed by atoms with Crippen LogP contribution in [0.15, 0.2) is 30.3 Å². The number of ether oxygens (including phenoxy) is 1. The molecule has 0 saturated carbocycles. The van der Waals surface area contributed by atoms with Crippen LogP contribution < -0.4 is 0 Å². The lowest BCUT2D eigenvalue weighted by Gasteiger charge is -2.23. The van der Waals surface area contributed by atoms with Crippen molar-refractivity contribution in [2.75, 3.05) is 13.2 Å². The van der Waals surface area contributed by atoms with Crippen molar-refractivity contribution in [1.82, 2.24) is 9.97 Å². The van der Waals surface area contributed by atoms with Gasteiger partial charge in [-0.2, -0.15) is 0 Å². The van der Waals surface area contributed by atoms with Crippen LogP contribution in [-0.2, 0) is 4.74 Å². The molecule has 1 aliphatic heterocycles. The van der Waals surface area contributed by atoms with E-state index in [2.05, 4.69) is 4.98 Å². The number of rotatable bonds is 2. The lowest BCUT2D eigenvalue weighted by Crippen LogP contribution is -2.15. The van der Waals surface area contributed by atoms with Crippen molar-refractivity contribution in [3.8, 4) is 11.1 Å². The summed E-state index contributed by atoms with van der Waals surface area (Å²) in [5.74, 6) is -0.0215. The first kappa shape index (κ1) is 17.4. The highest BCUT2D eigenvalue weighted by Crippen LogP contribution is 2.35. The molecule has 5 heteroatoms. The Kier molecular flexibility index (Phi) is 4.63. The summed E-state index contributed by atoms with van der Waals surface area (Å²) >= 11 is 5.94. The number of hydrogen-bond acceptors (Lipinski definition) is 3. The number of aromatic nitrogens is 2. The Labute approximate surface area is 157 Å². The van der Waals surface area contributed by atoms with Gasteiger partial charge in [0.05, 0.1) is 0 Å². The first-order valence-electron chi connectivity index (χ1n) is 8.85. The fourth-order valence-corrected chi connectivity index (χ4v) is 3.65. The van der Waals surface area contributed by atoms with Crippen molar-refractivity contribution in [3.05, 3.63) is 58.1 Å². The molecule has 2 aromatic heterocycles. The van der Waals surface area contributed by atoms with Gasteiger partial charge < -0.3 is 4.74 Å². The molecule has 0 unspecified atom stereocenters. The van der Waals surface area contributed by atoms with E-state index in [1.807, 2.05) is 26.0 Å². The maximum atomic E-state index is 14.7. The highest BCUT2D eigenvalue weighted by atomic mass is 35.5. The van der Waals surface area contributed by atoms with Crippen LogP contribution in [0.25, 0.3) is 22.2 Å². The zero-order chi connectivity index (χ0) is 18.3. The molecule has 0 radical (unpaired) electrons. The van der Waals surface area contributed by atoms with Gasteiger partial charge in [0.15, 0.2) is 5.65 Å². The van der Waals surface area contributed by atoms with Crippen molar-refractivity contribution in [1.29, 1.82) is 0 Å². The Morgan fingerprint density at radius 1 is 1.04 bits per heavy atom. The molecule has 4 rings (SSSR count). The van der Waals surface area contributed by atoms with Crippen LogP contribution in [0.3, 0.4) is 0 Å². The summed E-state index contributed by atoms with van der Waals surface area (Å²) in [5.41, 5.74) is 4.98. The first-order valence-corrected chi connectivity index (χ1v) is 9.23. The molecule has 3 heterocycles. The molecular weight excluding hydrogens is 351 g/mol. The molecule has 0 atom stereocenters. The Balaban J connectivity index is 1.97. The molecule has 3 aromatic rings. The lowest BCUT2D eigenvalue weighted by molar-refractivity contribution is 0.0846. The summed E-state index contributed by atoms with van der Waals surface area (Å²) in [4.78, 5) is 9.49. The number of hydrogen-bond donors (Lipinski definition) is 0. The zero-order valence-corrected chi connectivity index (χ0v) is 15.6. The van der Waals surface area contributed by atoms with Crippen molar-refractivity contribution in [2.24, 2.45) is 0 Å². The van der Waals surface area contributed by atoms with Gasteiger partial charge in [0.2, 0.25) is 0 Å². The van der Waals surface area contributed by atoms with Crippen LogP contribution in [-0.4, -0.2) is 23.2 Å². The van der Waals surface area contributed by atoms with Gasteiger partial charge in [-0.15, -0.1) is 0 Å². The molecular formula is C21H20ClFN2O. The first-order chi connectivity index (χ1) is 12.5. The number of fused-ring (bicyclic) bond motifs is 1. The Morgan fingerprint density at radius 3 is 2.54 bits per heavy atom. The molecule has 1 saturated heterocycles. The van der Waals surface area contributed by atoms with Crippen LogP contribution in [0.5, 0.6) is 0 Å². The number of nitrogens with zero attached hydrogens (tertiary/aromatic N) is 2. The fraction of sp³-hybridized carbons (Fsp3) is 0.333. The maximum absolute atomic E-state index is 14.7. The van der Waals surface area contributed by atoms with E-state index in [0.29, 0.717) is 22.2 Å². The van der Waals surface area contributed by atoms with Gasteiger partial charge in [0, 0.05) is 46.5 Å². The van der Waals surface area contributed by atoms with E-state index in [1.165, 1.54) is 6.07 Å². The topological polar surface area (TPSA) is 35.0 Å². The average Bonchev–Trinajstić information content (AvgIpc) is 2.63. The maximum Gasteiger partial charge on any atom is 0.160 e. The number of pyridine rings is 2. The molecule has 1 aliphatic rings. The van der Waals surface area contributed by atoms with E-state index in [1.54, 1.807) is 12.1 Å². The molecule has 0 bridgehead atoms. The summed E-state index contributed by atoms with van der Waals surface area (Å²) in [6.07, 6.45) is 1.85. The van der Waals surface area contributed by atoms with Crippen molar-refractivity contribution < 1.29 is 9.13 Å². The number of halogens is 2. The minimum Gasteiger partial charge on any atom is -0.381 e. The highest BCUT2D eigenvalue weighted by molar-refractivity contribution is 6.30. The molecule has 134 valence electrons. The van der Waals surface area contributed by atoms with Gasteiger partial charge >= 0.3 is 0 Å². The lowest BCUT2D eigenvalue weighted by atomic mass is 9.92. The number of aryl methyl sites for hydroxylation is 2. The van der Waals surface area contributed by atoms with Crippen LogP contribution in [0.4, 0.5) is 4.39 Å². The van der Waals surface area contributed by atoms with E-state index in [0.717, 1.165) is 54.0 Å². The third kappa shape index (κ3) is 3.19. The van der Waals surface area contributed by atoms with Crippen molar-refractivity contribution in [2.45, 2.75) is 32.6 Å². The Bertz CT molecular complexity index is 983. The van der Waals surface area contributed by atoms with Crippen molar-refractivity contribution >= 4 is 22.6 Å². The van der Waals surface area contributed by atoms with Crippen LogP contribution >= 0.6 is 11.6 Å². The Morgan fingerprint density at radius 2 is 1.81 bits per heavy atom. The standard InChI is InChI=1S/C21H20ClFN2O/c1-12-9-18-17(16-4-3-15(22)10-19(16)23)11-20(14-5-7-26-8-6-14)25-21(18)24-13(12)2/h3-4,9-11,14H,5-8H2,1-2H3. The van der Waals surface area contributed by atoms with Crippen molar-refractivity contribution in [3.63, 3.8) is 0 Å². The van der Waals surface area contributed by atoms with Gasteiger partial charge in [-0.3, -0.25) is 0 Å². The van der Waals surface area contributed by atoms with E-state index in [4.69, 9.17) is 21.3 Å². The summed E-state index contributed by atoms with van der Waals surface area (Å²) in [6, 6.07) is 8.86. The second-order valence-corrected chi connectivity index (χ2v) is 7.30. The van der Waals surface area contributed by atoms with Gasteiger partial charge in [-0.05, 0) is 68.1 Å². The van der Waals surface area contributed by atoms with Gasteiger partial charge in [0.25, 0.3) is 0 Å². The normalized spacial score (nSPS) is 15.5. The molecule has 0 spiro atoms. The minimum absolute atomic E-state index is 0.311. The van der Waals surface area contributed by atoms with E-state index in [-0.39, 0.29) is 5.82 Å². The summed E-state index contributed by atoms with van der Waals surface area (Å²) in [5, 5.41) is 1.25. The van der Waals surface area contributed by atoms with E-state index < -0.39 is 0 Å². The predicted octanol–water partition coefficient (Wildman–Crippen LogP) is 5.60. The van der Waals surface area contributed by atoms with Crippen LogP contribution in [0.1, 0.15) is 35.7 Å². The minimum atomic E-state index is -0.332. The van der Waals surface area contributed by atoms with Gasteiger partial charge in [-0.1, -0.05) is 11.6 Å². The third-order valence-corrected chi connectivity index (χ3v) is 5.36. The number of benzene rings is 1. The molecule has 26 heavy (non-hydrogen) atoms. The quantitative estimate of drug-likeness (QED) is 0.589. The second kappa shape index (κ2) is 6.93. The summed E-state index contributed by atoms with van der Waals surface area (Å²) in [6.45, 7) is 5.45. The zero-order valence-electron chi connectivity index (χ0n) is 14.9. The average molecular weight is 371 g/mol. The third-order valence-electron chi connectivity index (χ3n) is 5.12. The van der Waals surface area contributed by atoms with Crippen LogP contribution in [0, 0.1) is 19.7 Å². The Hall–Kier alpha value is -2.04. The van der Waals surface area contributed by atoms with E-state index >= 15 is 0 Å². The summed E-state index contributed by atoms with van der Waals surface area (Å²) < 4.78 is 20.1. The smallest absolute Gasteiger partial charge is 0.160 e. The van der Waals surface area contributed by atoms with Crippen LogP contribution in [0.2, 0.25) is 5.02 Å². The second-order valence-electron chi connectivity index (χ2n) is 6.87. The van der Waals surface area contributed by atoms with E-state index in [9.17, 15) is 4.39 Å². The monoisotopic (exact) mass is 370 g/mol. The predicted molar refractivity (Wildman–Crippen MR) is 102 cm³/mol. The molecule has 1 aromatic carbocycles. The molecule has 3 nitrogen and oxygen atoms in total. The molecule has 0 amide bonds. The molecule has 0 aliphatic carbocycles. The largest absolute Gasteiger partial charge is 0.381 e.